The van der Waals surface area contributed by atoms with Crippen molar-refractivity contribution in [3.8, 4) is 0 Å². The number of fused-ring (bicyclic) bond motifs is 1. The van der Waals surface area contributed by atoms with Gasteiger partial charge in [-0.15, -0.1) is 0 Å². The summed E-state index contributed by atoms with van der Waals surface area (Å²) in [6, 6.07) is 6.09. The molecule has 1 atom stereocenters. The number of benzene rings is 1. The van der Waals surface area contributed by atoms with Crippen LogP contribution in [0.5, 0.6) is 0 Å². The van der Waals surface area contributed by atoms with Crippen molar-refractivity contribution in [2.24, 2.45) is 5.92 Å². The number of hydrogen-bond acceptors (Lipinski definition) is 2. The summed E-state index contributed by atoms with van der Waals surface area (Å²) in [6.07, 6.45) is 0. The summed E-state index contributed by atoms with van der Waals surface area (Å²) in [5, 5.41) is 3.38. The van der Waals surface area contributed by atoms with Crippen LogP contribution in [0.25, 0.3) is 0 Å². The molecule has 0 saturated carbocycles. The topological polar surface area (TPSA) is 32.3 Å². The van der Waals surface area contributed by atoms with Crippen molar-refractivity contribution in [1.29, 1.82) is 0 Å². The Morgan fingerprint density at radius 3 is 2.44 bits per heavy atom. The standard InChI is InChI=1S/C15H22N2O/c1-9(2)11-7-6-8-12-14(11)17(5)15(18)13(16-12)10(3)4/h6-10,13,16H,1-5H3. The fourth-order valence-electron chi connectivity index (χ4n) is 2.52. The maximum absolute atomic E-state index is 12.4. The fourth-order valence-corrected chi connectivity index (χ4v) is 2.52. The van der Waals surface area contributed by atoms with Crippen molar-refractivity contribution < 1.29 is 4.79 Å². The Balaban J connectivity index is 2.51. The molecule has 0 bridgehead atoms. The number of hydrogen-bond donors (Lipinski definition) is 1. The summed E-state index contributed by atoms with van der Waals surface area (Å²) < 4.78 is 0. The number of anilines is 2. The number of carbonyl (C=O) groups excluding carboxylic acids is 1. The van der Waals surface area contributed by atoms with E-state index in [4.69, 9.17) is 0 Å². The van der Waals surface area contributed by atoms with Crippen LogP contribution < -0.4 is 10.2 Å². The molecule has 1 unspecified atom stereocenters. The minimum Gasteiger partial charge on any atom is -0.372 e. The zero-order chi connectivity index (χ0) is 13.4. The second kappa shape index (κ2) is 4.63. The second-order valence-electron chi connectivity index (χ2n) is 5.66. The smallest absolute Gasteiger partial charge is 0.249 e. The Bertz CT molecular complexity index is 466. The summed E-state index contributed by atoms with van der Waals surface area (Å²) in [5.41, 5.74) is 3.33. The predicted molar refractivity (Wildman–Crippen MR) is 76.2 cm³/mol. The SMILES string of the molecule is CC(C)c1cccc2c1N(C)C(=O)C(C(C)C)N2. The molecular formula is C15H22N2O. The number of nitrogens with one attached hydrogen (secondary N) is 1. The Morgan fingerprint density at radius 2 is 1.89 bits per heavy atom. The summed E-state index contributed by atoms with van der Waals surface area (Å²) in [7, 11) is 1.88. The highest BCUT2D eigenvalue weighted by atomic mass is 16.2. The van der Waals surface area contributed by atoms with Crippen molar-refractivity contribution in [1.82, 2.24) is 0 Å². The van der Waals surface area contributed by atoms with E-state index in [0.29, 0.717) is 5.92 Å². The van der Waals surface area contributed by atoms with Gasteiger partial charge in [0.05, 0.1) is 11.4 Å². The molecule has 3 nitrogen and oxygen atoms in total. The summed E-state index contributed by atoms with van der Waals surface area (Å²) in [6.45, 7) is 8.45. The summed E-state index contributed by atoms with van der Waals surface area (Å²) >= 11 is 0. The largest absolute Gasteiger partial charge is 0.372 e. The third kappa shape index (κ3) is 1.98. The third-order valence-electron chi connectivity index (χ3n) is 3.60. The lowest BCUT2D eigenvalue weighted by atomic mass is 9.94. The van der Waals surface area contributed by atoms with E-state index >= 15 is 0 Å². The molecule has 3 heteroatoms. The van der Waals surface area contributed by atoms with E-state index in [1.54, 1.807) is 0 Å². The normalized spacial score (nSPS) is 19.2. The molecule has 1 amide bonds. The lowest BCUT2D eigenvalue weighted by Crippen LogP contribution is -2.48. The first-order chi connectivity index (χ1) is 8.43. The van der Waals surface area contributed by atoms with Gasteiger partial charge in [-0.05, 0) is 23.5 Å². The van der Waals surface area contributed by atoms with Gasteiger partial charge in [-0.25, -0.2) is 0 Å². The highest BCUT2D eigenvalue weighted by Crippen LogP contribution is 2.38. The number of rotatable bonds is 2. The fraction of sp³-hybridized carbons (Fsp3) is 0.533. The maximum atomic E-state index is 12.4. The molecular weight excluding hydrogens is 224 g/mol. The van der Waals surface area contributed by atoms with Gasteiger partial charge in [0.2, 0.25) is 5.91 Å². The van der Waals surface area contributed by atoms with E-state index in [1.807, 2.05) is 11.9 Å². The van der Waals surface area contributed by atoms with Crippen LogP contribution in [-0.4, -0.2) is 19.0 Å². The molecule has 2 rings (SSSR count). The molecule has 0 aromatic heterocycles. The van der Waals surface area contributed by atoms with Gasteiger partial charge in [-0.1, -0.05) is 39.8 Å². The zero-order valence-electron chi connectivity index (χ0n) is 11.8. The quantitative estimate of drug-likeness (QED) is 0.869. The van der Waals surface area contributed by atoms with Gasteiger partial charge in [-0.2, -0.15) is 0 Å². The molecule has 0 radical (unpaired) electrons. The van der Waals surface area contributed by atoms with Gasteiger partial charge < -0.3 is 10.2 Å². The van der Waals surface area contributed by atoms with Crippen molar-refractivity contribution >= 4 is 17.3 Å². The van der Waals surface area contributed by atoms with Crippen LogP contribution in [0.15, 0.2) is 18.2 Å². The first kappa shape index (κ1) is 12.9. The Labute approximate surface area is 109 Å². The number of carbonyl (C=O) groups is 1. The first-order valence-corrected chi connectivity index (χ1v) is 6.60. The van der Waals surface area contributed by atoms with E-state index < -0.39 is 0 Å². The average Bonchev–Trinajstić information content (AvgIpc) is 2.32. The zero-order valence-corrected chi connectivity index (χ0v) is 11.8. The second-order valence-corrected chi connectivity index (χ2v) is 5.66. The van der Waals surface area contributed by atoms with Crippen molar-refractivity contribution in [3.63, 3.8) is 0 Å². The molecule has 1 aromatic rings. The van der Waals surface area contributed by atoms with Crippen LogP contribution in [0, 0.1) is 5.92 Å². The molecule has 0 fully saturated rings. The summed E-state index contributed by atoms with van der Waals surface area (Å²) in [4.78, 5) is 14.2. The monoisotopic (exact) mass is 246 g/mol. The van der Waals surface area contributed by atoms with Gasteiger partial charge in [0.1, 0.15) is 6.04 Å². The van der Waals surface area contributed by atoms with E-state index in [1.165, 1.54) is 5.56 Å². The van der Waals surface area contributed by atoms with Crippen LogP contribution in [0.1, 0.15) is 39.2 Å². The van der Waals surface area contributed by atoms with Gasteiger partial charge in [-0.3, -0.25) is 4.79 Å². The molecule has 1 aliphatic heterocycles. The Morgan fingerprint density at radius 1 is 1.22 bits per heavy atom. The van der Waals surface area contributed by atoms with E-state index in [2.05, 4.69) is 51.2 Å². The van der Waals surface area contributed by atoms with E-state index in [0.717, 1.165) is 11.4 Å². The maximum Gasteiger partial charge on any atom is 0.249 e. The first-order valence-electron chi connectivity index (χ1n) is 6.60. The van der Waals surface area contributed by atoms with E-state index in [-0.39, 0.29) is 17.9 Å². The molecule has 98 valence electrons. The Hall–Kier alpha value is -1.51. The lowest BCUT2D eigenvalue weighted by molar-refractivity contribution is -0.120. The van der Waals surface area contributed by atoms with Crippen molar-refractivity contribution in [2.45, 2.75) is 39.7 Å². The number of amides is 1. The average molecular weight is 246 g/mol. The molecule has 1 aromatic carbocycles. The van der Waals surface area contributed by atoms with Gasteiger partial charge >= 0.3 is 0 Å². The number of para-hydroxylation sites is 1. The third-order valence-corrected chi connectivity index (χ3v) is 3.60. The summed E-state index contributed by atoms with van der Waals surface area (Å²) in [5.74, 6) is 0.856. The molecule has 18 heavy (non-hydrogen) atoms. The van der Waals surface area contributed by atoms with E-state index in [9.17, 15) is 4.79 Å². The highest BCUT2D eigenvalue weighted by molar-refractivity contribution is 6.05. The molecule has 1 N–H and O–H groups in total. The Kier molecular flexibility index (Phi) is 3.33. The molecule has 0 saturated heterocycles. The molecule has 0 aliphatic carbocycles. The lowest BCUT2D eigenvalue weighted by Gasteiger charge is -2.36. The van der Waals surface area contributed by atoms with Crippen LogP contribution in [0.4, 0.5) is 11.4 Å². The number of nitrogens with zero attached hydrogens (tertiary/aromatic N) is 1. The van der Waals surface area contributed by atoms with Crippen LogP contribution >= 0.6 is 0 Å². The highest BCUT2D eigenvalue weighted by Gasteiger charge is 2.33. The predicted octanol–water partition coefficient (Wildman–Crippen LogP) is 3.22. The van der Waals surface area contributed by atoms with Gasteiger partial charge in [0.25, 0.3) is 0 Å². The van der Waals surface area contributed by atoms with Crippen molar-refractivity contribution in [3.05, 3.63) is 23.8 Å². The minimum atomic E-state index is -0.120. The minimum absolute atomic E-state index is 0.120. The van der Waals surface area contributed by atoms with Crippen LogP contribution in [0.2, 0.25) is 0 Å². The molecule has 0 spiro atoms. The number of likely N-dealkylation sites (N-methyl/N-ethyl adjacent to an activating group) is 1. The van der Waals surface area contributed by atoms with Gasteiger partial charge in [0, 0.05) is 7.05 Å². The molecule has 1 aliphatic rings. The van der Waals surface area contributed by atoms with Crippen LogP contribution in [0.3, 0.4) is 0 Å². The molecule has 1 heterocycles. The van der Waals surface area contributed by atoms with Crippen LogP contribution in [-0.2, 0) is 4.79 Å². The van der Waals surface area contributed by atoms with Gasteiger partial charge in [0.15, 0.2) is 0 Å². The van der Waals surface area contributed by atoms with Crippen molar-refractivity contribution in [2.75, 3.05) is 17.3 Å².